The second-order valence-corrected chi connectivity index (χ2v) is 4.38. The first kappa shape index (κ1) is 10.5. The van der Waals surface area contributed by atoms with Gasteiger partial charge in [0.2, 0.25) is 0 Å². The van der Waals surface area contributed by atoms with E-state index in [1.54, 1.807) is 7.11 Å². The zero-order chi connectivity index (χ0) is 9.14. The smallest absolute Gasteiger partial charge is 0.124 e. The normalized spacial score (nSPS) is 10.0. The van der Waals surface area contributed by atoms with Gasteiger partial charge in [0.05, 0.1) is 7.11 Å². The van der Waals surface area contributed by atoms with Crippen LogP contribution in [0.25, 0.3) is 0 Å². The summed E-state index contributed by atoms with van der Waals surface area (Å²) < 4.78 is 7.27. The topological polar surface area (TPSA) is 9.23 Å². The lowest BCUT2D eigenvalue weighted by atomic mass is 10.2. The highest BCUT2D eigenvalue weighted by Gasteiger charge is 2.08. The Morgan fingerprint density at radius 3 is 2.50 bits per heavy atom. The fourth-order valence-electron chi connectivity index (χ4n) is 0.891. The second kappa shape index (κ2) is 4.63. The molecule has 0 saturated heterocycles. The van der Waals surface area contributed by atoms with E-state index in [0.717, 1.165) is 25.6 Å². The lowest BCUT2D eigenvalue weighted by molar-refractivity contribution is 0.411. The number of methoxy groups -OCH3 is 1. The van der Waals surface area contributed by atoms with Gasteiger partial charge in [0.1, 0.15) is 5.75 Å². The lowest BCUT2D eigenvalue weighted by Gasteiger charge is -2.08. The lowest BCUT2D eigenvalue weighted by Crippen LogP contribution is -1.90. The van der Waals surface area contributed by atoms with Gasteiger partial charge >= 0.3 is 0 Å². The Hall–Kier alpha value is 0.460. The third kappa shape index (κ3) is 2.03. The molecule has 0 heterocycles. The molecule has 0 saturated carbocycles. The van der Waals surface area contributed by atoms with E-state index in [1.807, 2.05) is 12.1 Å². The summed E-state index contributed by atoms with van der Waals surface area (Å²) in [5.74, 6) is 0.891. The zero-order valence-electron chi connectivity index (χ0n) is 6.40. The number of hydrogen-bond donors (Lipinski definition) is 0. The van der Waals surface area contributed by atoms with E-state index in [-0.39, 0.29) is 0 Å². The predicted octanol–water partition coefficient (Wildman–Crippen LogP) is 4.12. The molecular weight excluding hydrogens is 352 g/mol. The molecule has 0 amide bonds. The Kier molecular flexibility index (Phi) is 4.06. The molecule has 1 nitrogen and oxygen atoms in total. The first-order valence-corrected chi connectivity index (χ1v) is 5.98. The predicted molar refractivity (Wildman–Crippen MR) is 61.0 cm³/mol. The Labute approximate surface area is 96.9 Å². The Morgan fingerprint density at radius 1 is 1.33 bits per heavy atom. The molecule has 0 bridgehead atoms. The maximum absolute atomic E-state index is 5.19. The molecule has 0 fully saturated rings. The maximum atomic E-state index is 5.19. The molecule has 66 valence electrons. The Bertz CT molecular complexity index is 286. The largest absolute Gasteiger partial charge is 0.496 e. The molecule has 0 atom stereocenters. The van der Waals surface area contributed by atoms with Crippen LogP contribution in [-0.2, 0) is 5.33 Å². The average molecular weight is 359 g/mol. The molecule has 1 rings (SSSR count). The van der Waals surface area contributed by atoms with Crippen LogP contribution in [0, 0.1) is 0 Å². The number of benzene rings is 1. The first-order chi connectivity index (χ1) is 5.70. The van der Waals surface area contributed by atoms with Crippen LogP contribution in [0.1, 0.15) is 5.56 Å². The van der Waals surface area contributed by atoms with Gasteiger partial charge in [0.15, 0.2) is 0 Å². The van der Waals surface area contributed by atoms with Crippen LogP contribution in [0.5, 0.6) is 5.75 Å². The fourth-order valence-corrected chi connectivity index (χ4v) is 2.66. The van der Waals surface area contributed by atoms with Crippen molar-refractivity contribution in [2.45, 2.75) is 5.33 Å². The number of rotatable bonds is 2. The minimum Gasteiger partial charge on any atom is -0.496 e. The van der Waals surface area contributed by atoms with Gasteiger partial charge in [-0.3, -0.25) is 0 Å². The van der Waals surface area contributed by atoms with Crippen molar-refractivity contribution in [1.82, 2.24) is 0 Å². The Balaban J connectivity index is 3.25. The van der Waals surface area contributed by atoms with Gasteiger partial charge in [0, 0.05) is 19.8 Å². The summed E-state index contributed by atoms with van der Waals surface area (Å²) in [6.45, 7) is 0. The van der Waals surface area contributed by atoms with E-state index >= 15 is 0 Å². The summed E-state index contributed by atoms with van der Waals surface area (Å²) in [5.41, 5.74) is 1.12. The van der Waals surface area contributed by atoms with E-state index in [2.05, 4.69) is 47.8 Å². The standard InChI is InChI=1S/C8H7Br3O/c1-12-7-3-2-6(10)8(11)5(7)4-9/h2-3H,4H2,1H3. The fraction of sp³-hybridized carbons (Fsp3) is 0.250. The number of halogens is 3. The molecule has 1 aromatic rings. The molecule has 4 heteroatoms. The SMILES string of the molecule is COc1ccc(Br)c(Br)c1CBr. The highest BCUT2D eigenvalue weighted by Crippen LogP contribution is 2.34. The highest BCUT2D eigenvalue weighted by atomic mass is 79.9. The van der Waals surface area contributed by atoms with Crippen molar-refractivity contribution in [3.63, 3.8) is 0 Å². The van der Waals surface area contributed by atoms with Crippen LogP contribution in [0.15, 0.2) is 21.1 Å². The second-order valence-electron chi connectivity index (χ2n) is 2.18. The van der Waals surface area contributed by atoms with Gasteiger partial charge in [-0.25, -0.2) is 0 Å². The zero-order valence-corrected chi connectivity index (χ0v) is 11.2. The molecule has 0 N–H and O–H groups in total. The Morgan fingerprint density at radius 2 is 2.00 bits per heavy atom. The van der Waals surface area contributed by atoms with Crippen molar-refractivity contribution in [1.29, 1.82) is 0 Å². The molecule has 0 unspecified atom stereocenters. The van der Waals surface area contributed by atoms with Crippen LogP contribution < -0.4 is 4.74 Å². The maximum Gasteiger partial charge on any atom is 0.124 e. The van der Waals surface area contributed by atoms with Crippen molar-refractivity contribution in [2.75, 3.05) is 7.11 Å². The molecule has 0 aliphatic heterocycles. The van der Waals surface area contributed by atoms with E-state index in [4.69, 9.17) is 4.74 Å². The first-order valence-electron chi connectivity index (χ1n) is 3.27. The van der Waals surface area contributed by atoms with E-state index in [1.165, 1.54) is 0 Å². The van der Waals surface area contributed by atoms with Crippen molar-refractivity contribution < 1.29 is 4.74 Å². The molecule has 0 radical (unpaired) electrons. The van der Waals surface area contributed by atoms with Crippen molar-refractivity contribution in [3.8, 4) is 5.75 Å². The number of ether oxygens (including phenoxy) is 1. The summed E-state index contributed by atoms with van der Waals surface area (Å²) >= 11 is 10.3. The van der Waals surface area contributed by atoms with Gasteiger partial charge in [-0.05, 0) is 44.0 Å². The molecule has 12 heavy (non-hydrogen) atoms. The van der Waals surface area contributed by atoms with E-state index < -0.39 is 0 Å². The van der Waals surface area contributed by atoms with Crippen LogP contribution in [0.4, 0.5) is 0 Å². The number of hydrogen-bond acceptors (Lipinski definition) is 1. The molecular formula is C8H7Br3O. The number of alkyl halides is 1. The van der Waals surface area contributed by atoms with Crippen molar-refractivity contribution in [3.05, 3.63) is 26.6 Å². The van der Waals surface area contributed by atoms with Crippen LogP contribution in [0.2, 0.25) is 0 Å². The third-order valence-corrected chi connectivity index (χ3v) is 4.17. The molecule has 0 aliphatic carbocycles. The minimum atomic E-state index is 0.774. The van der Waals surface area contributed by atoms with Gasteiger partial charge in [-0.1, -0.05) is 15.9 Å². The minimum absolute atomic E-state index is 0.774. The monoisotopic (exact) mass is 356 g/mol. The summed E-state index contributed by atoms with van der Waals surface area (Å²) in [7, 11) is 1.67. The molecule has 0 aliphatic rings. The molecule has 0 spiro atoms. The summed E-state index contributed by atoms with van der Waals surface area (Å²) in [6, 6.07) is 3.89. The van der Waals surface area contributed by atoms with Gasteiger partial charge in [0.25, 0.3) is 0 Å². The molecule has 1 aromatic carbocycles. The van der Waals surface area contributed by atoms with E-state index in [9.17, 15) is 0 Å². The summed E-state index contributed by atoms with van der Waals surface area (Å²) in [5, 5.41) is 0.774. The van der Waals surface area contributed by atoms with Crippen molar-refractivity contribution in [2.24, 2.45) is 0 Å². The third-order valence-electron chi connectivity index (χ3n) is 1.51. The van der Waals surface area contributed by atoms with Gasteiger partial charge in [-0.2, -0.15) is 0 Å². The van der Waals surface area contributed by atoms with Crippen LogP contribution in [0.3, 0.4) is 0 Å². The highest BCUT2D eigenvalue weighted by molar-refractivity contribution is 9.13. The van der Waals surface area contributed by atoms with Crippen LogP contribution in [-0.4, -0.2) is 7.11 Å². The van der Waals surface area contributed by atoms with E-state index in [0.29, 0.717) is 0 Å². The van der Waals surface area contributed by atoms with Gasteiger partial charge < -0.3 is 4.74 Å². The van der Waals surface area contributed by atoms with Crippen LogP contribution >= 0.6 is 47.8 Å². The summed E-state index contributed by atoms with van der Waals surface area (Å²) in [6.07, 6.45) is 0. The van der Waals surface area contributed by atoms with Crippen molar-refractivity contribution >= 4 is 47.8 Å². The average Bonchev–Trinajstić information content (AvgIpc) is 2.09. The molecule has 0 aromatic heterocycles. The van der Waals surface area contributed by atoms with Gasteiger partial charge in [-0.15, -0.1) is 0 Å². The quantitative estimate of drug-likeness (QED) is 0.723. The summed E-state index contributed by atoms with van der Waals surface area (Å²) in [4.78, 5) is 0.